The molecule has 6 aliphatic rings. The molecular weight excluding hydrogens is 432 g/mol. The second-order valence-electron chi connectivity index (χ2n) is 13.2. The highest BCUT2D eigenvalue weighted by molar-refractivity contribution is 5.97. The molecule has 5 fully saturated rings. The van der Waals surface area contributed by atoms with Gasteiger partial charge in [0.15, 0.2) is 5.78 Å². The normalized spacial score (nSPS) is 57.6. The summed E-state index contributed by atoms with van der Waals surface area (Å²) in [4.78, 5) is 25.8. The standard InChI is InChI=1S/C28H40O6/c1-14-13-20(33-24(30)15(14)2)27(5,31)18-9-8-16-21-17(10-12-25(16,18)3)26(4)19(29)7-6-11-28(26,32)23-22(21)34-23/h6-7,14-18,20-23,31-32H,8-13H2,1-5H3/t14?,15?,16-,17-,18-,20+,21-,22-,23-,25-,26-,27+,28-/m0/s1. The van der Waals surface area contributed by atoms with Crippen LogP contribution in [0.2, 0.25) is 0 Å². The number of carbonyl (C=O) groups excluding carboxylic acids is 2. The van der Waals surface area contributed by atoms with Crippen LogP contribution in [0, 0.1) is 46.3 Å². The molecule has 2 heterocycles. The molecular formula is C28H40O6. The van der Waals surface area contributed by atoms with E-state index in [0.717, 1.165) is 25.7 Å². The summed E-state index contributed by atoms with van der Waals surface area (Å²) in [5.41, 5.74) is -3.17. The third-order valence-electron chi connectivity index (χ3n) is 12.0. The lowest BCUT2D eigenvalue weighted by Crippen LogP contribution is -2.67. The van der Waals surface area contributed by atoms with Crippen LogP contribution >= 0.6 is 0 Å². The van der Waals surface area contributed by atoms with Crippen LogP contribution in [0.5, 0.6) is 0 Å². The van der Waals surface area contributed by atoms with Gasteiger partial charge >= 0.3 is 5.97 Å². The zero-order valence-corrected chi connectivity index (χ0v) is 21.1. The Kier molecular flexibility index (Phi) is 4.74. The topological polar surface area (TPSA) is 96.4 Å². The van der Waals surface area contributed by atoms with Crippen molar-refractivity contribution in [3.8, 4) is 0 Å². The molecule has 6 rings (SSSR count). The average Bonchev–Trinajstić information content (AvgIpc) is 3.49. The minimum atomic E-state index is -1.12. The number of fused-ring (bicyclic) bond motifs is 8. The Morgan fingerprint density at radius 2 is 1.85 bits per heavy atom. The van der Waals surface area contributed by atoms with Crippen molar-refractivity contribution in [2.75, 3.05) is 0 Å². The van der Waals surface area contributed by atoms with Crippen LogP contribution in [-0.4, -0.2) is 51.5 Å². The van der Waals surface area contributed by atoms with Crippen molar-refractivity contribution in [3.05, 3.63) is 12.2 Å². The van der Waals surface area contributed by atoms with Crippen molar-refractivity contribution in [2.45, 2.75) is 103 Å². The number of aliphatic hydroxyl groups is 2. The molecule has 6 heteroatoms. The predicted molar refractivity (Wildman–Crippen MR) is 124 cm³/mol. The largest absolute Gasteiger partial charge is 0.459 e. The summed E-state index contributed by atoms with van der Waals surface area (Å²) in [5.74, 6) is 0.484. The average molecular weight is 473 g/mol. The number of hydrogen-bond acceptors (Lipinski definition) is 6. The summed E-state index contributed by atoms with van der Waals surface area (Å²) in [5, 5.41) is 23.7. The molecule has 2 saturated heterocycles. The van der Waals surface area contributed by atoms with E-state index in [9.17, 15) is 19.8 Å². The van der Waals surface area contributed by atoms with Gasteiger partial charge in [0.05, 0.1) is 17.4 Å². The number of cyclic esters (lactones) is 1. The van der Waals surface area contributed by atoms with E-state index in [-0.39, 0.29) is 59.0 Å². The lowest BCUT2D eigenvalue weighted by molar-refractivity contribution is -0.206. The minimum Gasteiger partial charge on any atom is -0.459 e. The highest BCUT2D eigenvalue weighted by atomic mass is 16.6. The molecule has 0 bridgehead atoms. The maximum atomic E-state index is 13.3. The van der Waals surface area contributed by atoms with E-state index in [0.29, 0.717) is 18.8 Å². The molecule has 0 amide bonds. The maximum absolute atomic E-state index is 13.3. The first-order chi connectivity index (χ1) is 15.9. The molecule has 2 N–H and O–H groups in total. The smallest absolute Gasteiger partial charge is 0.309 e. The summed E-state index contributed by atoms with van der Waals surface area (Å²) in [6.45, 7) is 10.1. The monoisotopic (exact) mass is 472 g/mol. The summed E-state index contributed by atoms with van der Waals surface area (Å²) in [7, 11) is 0. The fourth-order valence-corrected chi connectivity index (χ4v) is 9.60. The molecule has 0 aromatic heterocycles. The van der Waals surface area contributed by atoms with Crippen molar-refractivity contribution >= 4 is 11.8 Å². The van der Waals surface area contributed by atoms with Gasteiger partial charge < -0.3 is 19.7 Å². The lowest BCUT2D eigenvalue weighted by atomic mass is 9.43. The van der Waals surface area contributed by atoms with Crippen LogP contribution in [0.15, 0.2) is 12.2 Å². The molecule has 2 unspecified atom stereocenters. The van der Waals surface area contributed by atoms with Gasteiger partial charge in [0.25, 0.3) is 0 Å². The molecule has 188 valence electrons. The Hall–Kier alpha value is -1.24. The molecule has 3 saturated carbocycles. The molecule has 0 radical (unpaired) electrons. The summed E-state index contributed by atoms with van der Waals surface area (Å²) in [6.07, 6.45) is 7.44. The van der Waals surface area contributed by atoms with E-state index in [1.54, 1.807) is 6.08 Å². The van der Waals surface area contributed by atoms with E-state index in [1.807, 2.05) is 26.8 Å². The van der Waals surface area contributed by atoms with Crippen molar-refractivity contribution in [1.29, 1.82) is 0 Å². The Balaban J connectivity index is 1.32. The number of hydrogen-bond donors (Lipinski definition) is 2. The highest BCUT2D eigenvalue weighted by Crippen LogP contribution is 2.72. The van der Waals surface area contributed by atoms with Gasteiger partial charge in [-0.05, 0) is 93.5 Å². The van der Waals surface area contributed by atoms with Gasteiger partial charge in [-0.3, -0.25) is 9.59 Å². The van der Waals surface area contributed by atoms with Crippen LogP contribution in [0.25, 0.3) is 0 Å². The molecule has 0 aromatic carbocycles. The zero-order valence-electron chi connectivity index (χ0n) is 21.1. The molecule has 13 atom stereocenters. The van der Waals surface area contributed by atoms with Gasteiger partial charge in [0.2, 0.25) is 0 Å². The first kappa shape index (κ1) is 23.2. The van der Waals surface area contributed by atoms with Crippen LogP contribution < -0.4 is 0 Å². The maximum Gasteiger partial charge on any atom is 0.309 e. The molecule has 0 spiro atoms. The summed E-state index contributed by atoms with van der Waals surface area (Å²) < 4.78 is 12.0. The quantitative estimate of drug-likeness (QED) is 0.472. The Labute approximate surface area is 202 Å². The Morgan fingerprint density at radius 3 is 2.56 bits per heavy atom. The number of ether oxygens (including phenoxy) is 2. The van der Waals surface area contributed by atoms with Crippen molar-refractivity contribution in [1.82, 2.24) is 0 Å². The first-order valence-corrected chi connectivity index (χ1v) is 13.4. The SMILES string of the molecule is CC1C[C@H]([C@](C)(O)[C@H]2CC[C@H]3[C@@H]4[C@@H]5O[C@@H]5[C@@]5(O)CC=CC(=O)[C@]5(C)[C@H]4CC[C@]23C)OC(=O)C1C. The van der Waals surface area contributed by atoms with E-state index in [4.69, 9.17) is 9.47 Å². The molecule has 2 aliphatic heterocycles. The van der Waals surface area contributed by atoms with Crippen molar-refractivity contribution < 1.29 is 29.3 Å². The number of esters is 1. The van der Waals surface area contributed by atoms with Crippen LogP contribution in [0.3, 0.4) is 0 Å². The van der Waals surface area contributed by atoms with Crippen LogP contribution in [-0.2, 0) is 19.1 Å². The number of allylic oxidation sites excluding steroid dienone is 1. The van der Waals surface area contributed by atoms with Gasteiger partial charge in [-0.2, -0.15) is 0 Å². The zero-order chi connectivity index (χ0) is 24.4. The number of ketones is 1. The fourth-order valence-electron chi connectivity index (χ4n) is 9.60. The van der Waals surface area contributed by atoms with Gasteiger partial charge in [-0.25, -0.2) is 0 Å². The Bertz CT molecular complexity index is 957. The van der Waals surface area contributed by atoms with Crippen LogP contribution in [0.1, 0.15) is 73.1 Å². The predicted octanol–water partition coefficient (Wildman–Crippen LogP) is 3.43. The van der Waals surface area contributed by atoms with E-state index >= 15 is 0 Å². The third kappa shape index (κ3) is 2.63. The molecule has 0 aromatic rings. The lowest BCUT2D eigenvalue weighted by Gasteiger charge is -2.60. The van der Waals surface area contributed by atoms with Crippen molar-refractivity contribution in [2.24, 2.45) is 46.3 Å². The molecule has 34 heavy (non-hydrogen) atoms. The third-order valence-corrected chi connectivity index (χ3v) is 12.0. The summed E-state index contributed by atoms with van der Waals surface area (Å²) in [6, 6.07) is 0. The number of carbonyl (C=O) groups is 2. The number of epoxide rings is 1. The van der Waals surface area contributed by atoms with Gasteiger partial charge in [0, 0.05) is 0 Å². The van der Waals surface area contributed by atoms with E-state index in [2.05, 4.69) is 13.8 Å². The molecule has 4 aliphatic carbocycles. The minimum absolute atomic E-state index is 0.0101. The second kappa shape index (κ2) is 6.95. The second-order valence-corrected chi connectivity index (χ2v) is 13.2. The van der Waals surface area contributed by atoms with Gasteiger partial charge in [0.1, 0.15) is 23.4 Å². The summed E-state index contributed by atoms with van der Waals surface area (Å²) >= 11 is 0. The van der Waals surface area contributed by atoms with Gasteiger partial charge in [-0.15, -0.1) is 0 Å². The first-order valence-electron chi connectivity index (χ1n) is 13.4. The molecule has 6 nitrogen and oxygen atoms in total. The van der Waals surface area contributed by atoms with Gasteiger partial charge in [-0.1, -0.05) is 26.8 Å². The Morgan fingerprint density at radius 1 is 1.12 bits per heavy atom. The van der Waals surface area contributed by atoms with Crippen LogP contribution in [0.4, 0.5) is 0 Å². The van der Waals surface area contributed by atoms with E-state index in [1.165, 1.54) is 0 Å². The number of rotatable bonds is 2. The fraction of sp³-hybridized carbons (Fsp3) is 0.857. The van der Waals surface area contributed by atoms with E-state index < -0.39 is 22.7 Å². The van der Waals surface area contributed by atoms with Crippen molar-refractivity contribution in [3.63, 3.8) is 0 Å². The highest BCUT2D eigenvalue weighted by Gasteiger charge is 2.78.